The lowest BCUT2D eigenvalue weighted by molar-refractivity contribution is -0.384. The maximum absolute atomic E-state index is 10.8. The predicted octanol–water partition coefficient (Wildman–Crippen LogP) is 3.23. The number of nitrogens with zero attached hydrogens (tertiary/aromatic N) is 1. The number of anilines is 1. The number of para-hydroxylation sites is 1. The summed E-state index contributed by atoms with van der Waals surface area (Å²) >= 11 is 0. The largest absolute Gasteiger partial charge is 0.504 e. The Morgan fingerprint density at radius 3 is 2.76 bits per heavy atom. The van der Waals surface area contributed by atoms with Crippen LogP contribution in [-0.2, 0) is 6.54 Å². The Morgan fingerprint density at radius 1 is 1.33 bits per heavy atom. The molecule has 0 aliphatic rings. The highest BCUT2D eigenvalue weighted by atomic mass is 16.6. The second kappa shape index (κ2) is 6.13. The van der Waals surface area contributed by atoms with Gasteiger partial charge < -0.3 is 15.2 Å². The molecule has 2 rings (SSSR count). The minimum absolute atomic E-state index is 0.0259. The Labute approximate surface area is 122 Å². The number of ether oxygens (including phenoxy) is 1. The van der Waals surface area contributed by atoms with Gasteiger partial charge in [0.05, 0.1) is 12.0 Å². The zero-order valence-corrected chi connectivity index (χ0v) is 11.8. The molecule has 0 aromatic heterocycles. The standard InChI is InChI=1S/C15H16N2O4/c1-10-6-7-12(17(19)20)8-13(10)16-9-11-4-3-5-14(21-2)15(11)18/h3-8,16,18H,9H2,1-2H3. The number of nitro groups is 1. The summed E-state index contributed by atoms with van der Waals surface area (Å²) in [4.78, 5) is 10.4. The maximum Gasteiger partial charge on any atom is 0.271 e. The Bertz CT molecular complexity index is 671. The summed E-state index contributed by atoms with van der Waals surface area (Å²) < 4.78 is 5.04. The van der Waals surface area contributed by atoms with Gasteiger partial charge in [-0.15, -0.1) is 0 Å². The number of methoxy groups -OCH3 is 1. The number of hydrogen-bond acceptors (Lipinski definition) is 5. The van der Waals surface area contributed by atoms with E-state index in [4.69, 9.17) is 4.74 Å². The van der Waals surface area contributed by atoms with Gasteiger partial charge in [-0.1, -0.05) is 18.2 Å². The topological polar surface area (TPSA) is 84.6 Å². The molecule has 2 aromatic rings. The van der Waals surface area contributed by atoms with Crippen molar-refractivity contribution in [3.05, 3.63) is 57.6 Å². The zero-order chi connectivity index (χ0) is 15.4. The number of phenolic OH excluding ortho intramolecular Hbond substituents is 1. The molecule has 0 unspecified atom stereocenters. The number of benzene rings is 2. The van der Waals surface area contributed by atoms with Crippen LogP contribution in [0.3, 0.4) is 0 Å². The molecule has 2 N–H and O–H groups in total. The van der Waals surface area contributed by atoms with Crippen molar-refractivity contribution < 1.29 is 14.8 Å². The van der Waals surface area contributed by atoms with Gasteiger partial charge in [-0.2, -0.15) is 0 Å². The van der Waals surface area contributed by atoms with Crippen LogP contribution in [0.5, 0.6) is 11.5 Å². The second-order valence-electron chi connectivity index (χ2n) is 4.58. The van der Waals surface area contributed by atoms with Gasteiger partial charge in [-0.25, -0.2) is 0 Å². The Balaban J connectivity index is 2.20. The number of nitro benzene ring substituents is 1. The van der Waals surface area contributed by atoms with Gasteiger partial charge in [0.25, 0.3) is 5.69 Å². The summed E-state index contributed by atoms with van der Waals surface area (Å²) in [5.41, 5.74) is 2.23. The summed E-state index contributed by atoms with van der Waals surface area (Å²) in [7, 11) is 1.48. The number of aryl methyl sites for hydroxylation is 1. The van der Waals surface area contributed by atoms with Crippen LogP contribution in [0.15, 0.2) is 36.4 Å². The summed E-state index contributed by atoms with van der Waals surface area (Å²) in [6, 6.07) is 9.83. The number of rotatable bonds is 5. The molecule has 0 amide bonds. The minimum Gasteiger partial charge on any atom is -0.504 e. The lowest BCUT2D eigenvalue weighted by Crippen LogP contribution is -2.02. The summed E-state index contributed by atoms with van der Waals surface area (Å²) in [6.45, 7) is 2.20. The Kier molecular flexibility index (Phi) is 4.27. The molecule has 0 saturated heterocycles. The maximum atomic E-state index is 10.8. The molecule has 0 spiro atoms. The van der Waals surface area contributed by atoms with Crippen LogP contribution in [0.1, 0.15) is 11.1 Å². The highest BCUT2D eigenvalue weighted by Crippen LogP contribution is 2.30. The number of phenols is 1. The van der Waals surface area contributed by atoms with Gasteiger partial charge in [0.15, 0.2) is 11.5 Å². The average molecular weight is 288 g/mol. The summed E-state index contributed by atoms with van der Waals surface area (Å²) in [6.07, 6.45) is 0. The van der Waals surface area contributed by atoms with Crippen LogP contribution < -0.4 is 10.1 Å². The molecule has 0 saturated carbocycles. The Morgan fingerprint density at radius 2 is 2.10 bits per heavy atom. The van der Waals surface area contributed by atoms with E-state index in [9.17, 15) is 15.2 Å². The number of nitrogens with one attached hydrogen (secondary N) is 1. The van der Waals surface area contributed by atoms with Gasteiger partial charge >= 0.3 is 0 Å². The van der Waals surface area contributed by atoms with E-state index in [1.165, 1.54) is 19.2 Å². The van der Waals surface area contributed by atoms with Crippen LogP contribution >= 0.6 is 0 Å². The third-order valence-corrected chi connectivity index (χ3v) is 3.20. The van der Waals surface area contributed by atoms with E-state index >= 15 is 0 Å². The van der Waals surface area contributed by atoms with E-state index in [2.05, 4.69) is 5.32 Å². The molecule has 0 aliphatic heterocycles. The van der Waals surface area contributed by atoms with Crippen molar-refractivity contribution in [3.63, 3.8) is 0 Å². The highest BCUT2D eigenvalue weighted by molar-refractivity contribution is 5.57. The van der Waals surface area contributed by atoms with Crippen molar-refractivity contribution in [1.29, 1.82) is 0 Å². The molecule has 6 heteroatoms. The quantitative estimate of drug-likeness (QED) is 0.651. The first kappa shape index (κ1) is 14.6. The number of hydrogen-bond donors (Lipinski definition) is 2. The molecule has 0 bridgehead atoms. The molecular weight excluding hydrogens is 272 g/mol. The molecule has 0 radical (unpaired) electrons. The molecule has 21 heavy (non-hydrogen) atoms. The molecule has 0 fully saturated rings. The van der Waals surface area contributed by atoms with Crippen molar-refractivity contribution in [3.8, 4) is 11.5 Å². The lowest BCUT2D eigenvalue weighted by atomic mass is 10.1. The number of non-ortho nitro benzene ring substituents is 1. The molecular formula is C15H16N2O4. The van der Waals surface area contributed by atoms with Crippen LogP contribution in [0.4, 0.5) is 11.4 Å². The SMILES string of the molecule is COc1cccc(CNc2cc([N+](=O)[O-])ccc2C)c1O. The van der Waals surface area contributed by atoms with Crippen molar-refractivity contribution >= 4 is 11.4 Å². The van der Waals surface area contributed by atoms with E-state index < -0.39 is 4.92 Å². The van der Waals surface area contributed by atoms with Crippen LogP contribution in [0.2, 0.25) is 0 Å². The third kappa shape index (κ3) is 3.22. The van der Waals surface area contributed by atoms with Crippen molar-refractivity contribution in [1.82, 2.24) is 0 Å². The molecule has 0 aliphatic carbocycles. The first-order valence-electron chi connectivity index (χ1n) is 6.36. The minimum atomic E-state index is -0.437. The lowest BCUT2D eigenvalue weighted by Gasteiger charge is -2.12. The first-order chi connectivity index (χ1) is 10.0. The average Bonchev–Trinajstić information content (AvgIpc) is 2.47. The van der Waals surface area contributed by atoms with Gasteiger partial charge in [0.1, 0.15) is 0 Å². The fourth-order valence-electron chi connectivity index (χ4n) is 1.98. The fourth-order valence-corrected chi connectivity index (χ4v) is 1.98. The zero-order valence-electron chi connectivity index (χ0n) is 11.8. The number of aromatic hydroxyl groups is 1. The molecule has 2 aromatic carbocycles. The van der Waals surface area contributed by atoms with Gasteiger partial charge in [0, 0.05) is 29.9 Å². The summed E-state index contributed by atoms with van der Waals surface area (Å²) in [5.74, 6) is 0.459. The normalized spacial score (nSPS) is 10.2. The third-order valence-electron chi connectivity index (χ3n) is 3.20. The molecule has 0 atom stereocenters. The van der Waals surface area contributed by atoms with E-state index in [-0.39, 0.29) is 11.4 Å². The first-order valence-corrected chi connectivity index (χ1v) is 6.36. The fraction of sp³-hybridized carbons (Fsp3) is 0.200. The molecule has 110 valence electrons. The van der Waals surface area contributed by atoms with Crippen molar-refractivity contribution in [2.24, 2.45) is 0 Å². The summed E-state index contributed by atoms with van der Waals surface area (Å²) in [5, 5.41) is 23.9. The predicted molar refractivity (Wildman–Crippen MR) is 79.8 cm³/mol. The molecule has 0 heterocycles. The van der Waals surface area contributed by atoms with Gasteiger partial charge in [-0.3, -0.25) is 10.1 Å². The van der Waals surface area contributed by atoms with Crippen molar-refractivity contribution in [2.75, 3.05) is 12.4 Å². The monoisotopic (exact) mass is 288 g/mol. The van der Waals surface area contributed by atoms with Crippen molar-refractivity contribution in [2.45, 2.75) is 13.5 Å². The molecule has 6 nitrogen and oxygen atoms in total. The van der Waals surface area contributed by atoms with Gasteiger partial charge in [-0.05, 0) is 18.6 Å². The second-order valence-corrected chi connectivity index (χ2v) is 4.58. The van der Waals surface area contributed by atoms with Gasteiger partial charge in [0.2, 0.25) is 0 Å². The van der Waals surface area contributed by atoms with Crippen LogP contribution in [0.25, 0.3) is 0 Å². The van der Waals surface area contributed by atoms with E-state index in [0.717, 1.165) is 5.56 Å². The van der Waals surface area contributed by atoms with E-state index in [0.29, 0.717) is 23.5 Å². The smallest absolute Gasteiger partial charge is 0.271 e. The van der Waals surface area contributed by atoms with E-state index in [1.54, 1.807) is 24.3 Å². The Hall–Kier alpha value is -2.76. The van der Waals surface area contributed by atoms with Crippen LogP contribution in [0, 0.1) is 17.0 Å². The highest BCUT2D eigenvalue weighted by Gasteiger charge is 2.10. The van der Waals surface area contributed by atoms with E-state index in [1.807, 2.05) is 6.92 Å². The van der Waals surface area contributed by atoms with Crippen LogP contribution in [-0.4, -0.2) is 17.1 Å².